The average Bonchev–Trinajstić information content (AvgIpc) is 2.46. The van der Waals surface area contributed by atoms with Crippen LogP contribution in [0.3, 0.4) is 0 Å². The molecule has 2 aromatic rings. The molecule has 0 spiro atoms. The van der Waals surface area contributed by atoms with Gasteiger partial charge in [-0.2, -0.15) is 0 Å². The molecule has 0 amide bonds. The third-order valence-corrected chi connectivity index (χ3v) is 5.00. The maximum atomic E-state index is 12.6. The number of aromatic carboxylic acids is 2. The highest BCUT2D eigenvalue weighted by molar-refractivity contribution is 7.91. The normalized spacial score (nSPS) is 14.4. The first-order valence-electron chi connectivity index (χ1n) is 5.99. The predicted octanol–water partition coefficient (Wildman–Crippen LogP) is 2.02. The molecule has 0 aromatic heterocycles. The Bertz CT molecular complexity index is 859. The van der Waals surface area contributed by atoms with Gasteiger partial charge in [0.1, 0.15) is 20.9 Å². The Morgan fingerprint density at radius 1 is 0.818 bits per heavy atom. The van der Waals surface area contributed by atoms with Crippen molar-refractivity contribution in [2.24, 2.45) is 0 Å². The molecule has 1 aliphatic rings. The molecule has 22 heavy (non-hydrogen) atoms. The van der Waals surface area contributed by atoms with Gasteiger partial charge in [-0.05, 0) is 24.3 Å². The summed E-state index contributed by atoms with van der Waals surface area (Å²) >= 11 is 0. The second-order valence-corrected chi connectivity index (χ2v) is 6.37. The largest absolute Gasteiger partial charge is 0.478 e. The molecule has 0 bridgehead atoms. The van der Waals surface area contributed by atoms with Gasteiger partial charge in [-0.25, -0.2) is 18.0 Å². The number of carboxylic acids is 2. The fourth-order valence-electron chi connectivity index (χ4n) is 2.22. The lowest BCUT2D eigenvalue weighted by atomic mass is 10.1. The van der Waals surface area contributed by atoms with E-state index >= 15 is 0 Å². The Kier molecular flexibility index (Phi) is 2.92. The van der Waals surface area contributed by atoms with Gasteiger partial charge in [-0.15, -0.1) is 0 Å². The van der Waals surface area contributed by atoms with Gasteiger partial charge >= 0.3 is 11.9 Å². The van der Waals surface area contributed by atoms with Gasteiger partial charge < -0.3 is 14.9 Å². The van der Waals surface area contributed by atoms with Crippen LogP contribution in [0.5, 0.6) is 11.5 Å². The highest BCUT2D eigenvalue weighted by atomic mass is 32.2. The molecule has 8 heteroatoms. The molecule has 1 aliphatic heterocycles. The Morgan fingerprint density at radius 3 is 1.59 bits per heavy atom. The molecule has 0 unspecified atom stereocenters. The van der Waals surface area contributed by atoms with Crippen molar-refractivity contribution in [3.05, 3.63) is 47.5 Å². The van der Waals surface area contributed by atoms with E-state index in [1.165, 1.54) is 36.4 Å². The summed E-state index contributed by atoms with van der Waals surface area (Å²) in [5.41, 5.74) is -0.709. The quantitative estimate of drug-likeness (QED) is 0.741. The number of carbonyl (C=O) groups is 2. The summed E-state index contributed by atoms with van der Waals surface area (Å²) in [6.07, 6.45) is 0. The monoisotopic (exact) mass is 320 g/mol. The Hall–Kier alpha value is -2.87. The van der Waals surface area contributed by atoms with Crippen molar-refractivity contribution in [2.75, 3.05) is 0 Å². The second kappa shape index (κ2) is 4.57. The molecule has 2 N–H and O–H groups in total. The molecule has 0 fully saturated rings. The minimum Gasteiger partial charge on any atom is -0.478 e. The lowest BCUT2D eigenvalue weighted by molar-refractivity contribution is 0.0687. The number of hydrogen-bond acceptors (Lipinski definition) is 5. The minimum absolute atomic E-state index is 0.303. The zero-order chi connectivity index (χ0) is 16.1. The van der Waals surface area contributed by atoms with Crippen molar-refractivity contribution >= 4 is 21.8 Å². The Labute approximate surface area is 124 Å². The third kappa shape index (κ3) is 1.85. The van der Waals surface area contributed by atoms with Crippen LogP contribution in [0.15, 0.2) is 46.2 Å². The molecule has 0 saturated carbocycles. The molecule has 2 aromatic carbocycles. The van der Waals surface area contributed by atoms with Crippen LogP contribution < -0.4 is 4.74 Å². The van der Waals surface area contributed by atoms with E-state index < -0.39 is 21.8 Å². The van der Waals surface area contributed by atoms with Crippen molar-refractivity contribution in [3.8, 4) is 11.5 Å². The maximum absolute atomic E-state index is 12.6. The molecular weight excluding hydrogens is 312 g/mol. The van der Waals surface area contributed by atoms with Crippen LogP contribution in [0.4, 0.5) is 0 Å². The lowest BCUT2D eigenvalue weighted by Gasteiger charge is -2.22. The van der Waals surface area contributed by atoms with E-state index in [1.54, 1.807) is 0 Å². The zero-order valence-electron chi connectivity index (χ0n) is 10.8. The smallest absolute Gasteiger partial charge is 0.339 e. The third-order valence-electron chi connectivity index (χ3n) is 3.20. The number of rotatable bonds is 2. The molecule has 0 aliphatic carbocycles. The highest BCUT2D eigenvalue weighted by Gasteiger charge is 2.36. The van der Waals surface area contributed by atoms with Crippen molar-refractivity contribution in [1.82, 2.24) is 0 Å². The first-order valence-corrected chi connectivity index (χ1v) is 7.48. The van der Waals surface area contributed by atoms with Crippen LogP contribution in [0, 0.1) is 0 Å². The fraction of sp³-hybridized carbons (Fsp3) is 0. The van der Waals surface area contributed by atoms with Gasteiger partial charge in [0.25, 0.3) is 0 Å². The molecule has 0 radical (unpaired) electrons. The van der Waals surface area contributed by atoms with E-state index in [4.69, 9.17) is 14.9 Å². The van der Waals surface area contributed by atoms with E-state index in [0.717, 1.165) is 0 Å². The number of hydrogen-bond donors (Lipinski definition) is 2. The predicted molar refractivity (Wildman–Crippen MR) is 72.3 cm³/mol. The van der Waals surface area contributed by atoms with Gasteiger partial charge in [0.2, 0.25) is 9.84 Å². The molecule has 1 heterocycles. The highest BCUT2D eigenvalue weighted by Crippen LogP contribution is 2.45. The number of para-hydroxylation sites is 2. The molecular formula is C14H8O7S. The number of ether oxygens (including phenoxy) is 1. The van der Waals surface area contributed by atoms with Crippen LogP contribution in [-0.2, 0) is 9.84 Å². The van der Waals surface area contributed by atoms with Gasteiger partial charge in [-0.1, -0.05) is 12.1 Å². The summed E-state index contributed by atoms with van der Waals surface area (Å²) in [5.74, 6) is -3.50. The topological polar surface area (TPSA) is 118 Å². The molecule has 0 atom stereocenters. The van der Waals surface area contributed by atoms with Crippen LogP contribution >= 0.6 is 0 Å². The van der Waals surface area contributed by atoms with Gasteiger partial charge in [0.05, 0.1) is 0 Å². The Balaban J connectivity index is 2.39. The SMILES string of the molecule is O=C(O)c1cccc2c1Oc1c(C(=O)O)cccc1S2(=O)=O. The Morgan fingerprint density at radius 2 is 1.23 bits per heavy atom. The summed E-state index contributed by atoms with van der Waals surface area (Å²) in [4.78, 5) is 21.8. The van der Waals surface area contributed by atoms with Crippen LogP contribution in [0.1, 0.15) is 20.7 Å². The number of sulfone groups is 1. The average molecular weight is 320 g/mol. The minimum atomic E-state index is -4.07. The van der Waals surface area contributed by atoms with Crippen molar-refractivity contribution in [3.63, 3.8) is 0 Å². The van der Waals surface area contributed by atoms with Gasteiger partial charge in [-0.3, -0.25) is 0 Å². The lowest BCUT2D eigenvalue weighted by Crippen LogP contribution is -2.16. The van der Waals surface area contributed by atoms with E-state index in [0.29, 0.717) is 0 Å². The van der Waals surface area contributed by atoms with E-state index in [2.05, 4.69) is 0 Å². The number of benzene rings is 2. The maximum Gasteiger partial charge on any atom is 0.339 e. The first-order chi connectivity index (χ1) is 10.3. The molecule has 7 nitrogen and oxygen atoms in total. The molecule has 0 saturated heterocycles. The van der Waals surface area contributed by atoms with Crippen molar-refractivity contribution in [1.29, 1.82) is 0 Å². The number of fused-ring (bicyclic) bond motifs is 2. The molecule has 3 rings (SSSR count). The van der Waals surface area contributed by atoms with Crippen LogP contribution in [0.25, 0.3) is 0 Å². The summed E-state index contributed by atoms with van der Waals surface area (Å²) in [6, 6.07) is 7.38. The summed E-state index contributed by atoms with van der Waals surface area (Å²) in [5, 5.41) is 18.3. The van der Waals surface area contributed by atoms with Crippen molar-refractivity contribution < 1.29 is 33.0 Å². The standard InChI is InChI=1S/C14H8O7S/c15-13(16)7-3-1-5-9-11(7)21-12-8(14(17)18)4-2-6-10(12)22(9,19)20/h1-6H,(H,15,16)(H,17,18). The van der Waals surface area contributed by atoms with Crippen LogP contribution in [0.2, 0.25) is 0 Å². The first kappa shape index (κ1) is 14.1. The van der Waals surface area contributed by atoms with E-state index in [9.17, 15) is 18.0 Å². The van der Waals surface area contributed by atoms with Crippen molar-refractivity contribution in [2.45, 2.75) is 9.79 Å². The fourth-order valence-corrected chi connectivity index (χ4v) is 3.77. The summed E-state index contributed by atoms with van der Waals surface area (Å²) in [7, 11) is -4.07. The zero-order valence-corrected chi connectivity index (χ0v) is 11.6. The molecule has 112 valence electrons. The van der Waals surface area contributed by atoms with Crippen LogP contribution in [-0.4, -0.2) is 30.6 Å². The summed E-state index contributed by atoms with van der Waals surface area (Å²) in [6.45, 7) is 0. The van der Waals surface area contributed by atoms with E-state index in [-0.39, 0.29) is 32.4 Å². The van der Waals surface area contributed by atoms with Gasteiger partial charge in [0, 0.05) is 0 Å². The van der Waals surface area contributed by atoms with E-state index in [1.807, 2.05) is 0 Å². The second-order valence-electron chi connectivity index (χ2n) is 4.48. The number of carboxylic acid groups (broad SMARTS) is 2. The van der Waals surface area contributed by atoms with Gasteiger partial charge in [0.15, 0.2) is 11.5 Å². The summed E-state index contributed by atoms with van der Waals surface area (Å²) < 4.78 is 30.5.